The first-order chi connectivity index (χ1) is 8.47. The van der Waals surface area contributed by atoms with Crippen LogP contribution in [0, 0.1) is 17.6 Å². The first-order valence-corrected chi connectivity index (χ1v) is 6.32. The molecular weight excluding hydrogens is 236 g/mol. The smallest absolute Gasteiger partial charge is 0.126 e. The average molecular weight is 257 g/mol. The molecule has 0 heterocycles. The van der Waals surface area contributed by atoms with Gasteiger partial charge in [0.15, 0.2) is 0 Å². The van der Waals surface area contributed by atoms with Crippen LogP contribution in [0.15, 0.2) is 18.2 Å². The van der Waals surface area contributed by atoms with E-state index in [1.54, 1.807) is 0 Å². The van der Waals surface area contributed by atoms with Crippen LogP contribution < -0.4 is 5.73 Å². The van der Waals surface area contributed by atoms with Crippen molar-refractivity contribution in [3.8, 4) is 0 Å². The van der Waals surface area contributed by atoms with E-state index in [1.165, 1.54) is 12.1 Å². The second kappa shape index (κ2) is 6.81. The number of aliphatic hydroxyl groups is 1. The lowest BCUT2D eigenvalue weighted by atomic mass is 9.87. The van der Waals surface area contributed by atoms with Crippen LogP contribution in [0.25, 0.3) is 0 Å². The Labute approximate surface area is 107 Å². The maximum absolute atomic E-state index is 13.2. The fourth-order valence-electron chi connectivity index (χ4n) is 2.05. The van der Waals surface area contributed by atoms with Gasteiger partial charge in [0, 0.05) is 18.5 Å². The van der Waals surface area contributed by atoms with Crippen LogP contribution in [0.5, 0.6) is 0 Å². The second-order valence-electron chi connectivity index (χ2n) is 4.86. The summed E-state index contributed by atoms with van der Waals surface area (Å²) in [5.41, 5.74) is 6.04. The molecule has 0 aliphatic heterocycles. The van der Waals surface area contributed by atoms with Gasteiger partial charge in [0.2, 0.25) is 0 Å². The quantitative estimate of drug-likeness (QED) is 0.823. The highest BCUT2D eigenvalue weighted by atomic mass is 19.1. The summed E-state index contributed by atoms with van der Waals surface area (Å²) < 4.78 is 26.3. The molecule has 1 aromatic carbocycles. The topological polar surface area (TPSA) is 46.2 Å². The fraction of sp³-hybridized carbons (Fsp3) is 0.571. The van der Waals surface area contributed by atoms with Crippen molar-refractivity contribution in [3.05, 3.63) is 35.4 Å². The molecule has 0 saturated heterocycles. The molecule has 0 saturated carbocycles. The van der Waals surface area contributed by atoms with E-state index in [9.17, 15) is 13.9 Å². The Morgan fingerprint density at radius 3 is 2.22 bits per heavy atom. The van der Waals surface area contributed by atoms with Crippen molar-refractivity contribution in [3.63, 3.8) is 0 Å². The minimum absolute atomic E-state index is 0.167. The Balaban J connectivity index is 2.87. The molecule has 0 aliphatic rings. The maximum atomic E-state index is 13.2. The largest absolute Gasteiger partial charge is 0.392 e. The summed E-state index contributed by atoms with van der Waals surface area (Å²) >= 11 is 0. The summed E-state index contributed by atoms with van der Waals surface area (Å²) in [5, 5.41) is 10.1. The van der Waals surface area contributed by atoms with Crippen LogP contribution in [0.3, 0.4) is 0 Å². The van der Waals surface area contributed by atoms with Gasteiger partial charge in [0.1, 0.15) is 11.6 Å². The van der Waals surface area contributed by atoms with E-state index in [0.29, 0.717) is 17.9 Å². The van der Waals surface area contributed by atoms with Crippen molar-refractivity contribution >= 4 is 0 Å². The van der Waals surface area contributed by atoms with E-state index in [2.05, 4.69) is 0 Å². The molecule has 18 heavy (non-hydrogen) atoms. The van der Waals surface area contributed by atoms with Crippen LogP contribution in [0.4, 0.5) is 8.78 Å². The number of aliphatic hydroxyl groups excluding tert-OH is 1. The molecule has 0 spiro atoms. The number of benzene rings is 1. The Hall–Kier alpha value is -1.00. The number of nitrogens with two attached hydrogens (primary N) is 1. The zero-order valence-corrected chi connectivity index (χ0v) is 10.9. The highest BCUT2D eigenvalue weighted by Crippen LogP contribution is 2.25. The van der Waals surface area contributed by atoms with Crippen molar-refractivity contribution in [2.75, 3.05) is 6.54 Å². The minimum atomic E-state index is -0.675. The molecule has 0 amide bonds. The predicted molar refractivity (Wildman–Crippen MR) is 68.2 cm³/mol. The zero-order valence-electron chi connectivity index (χ0n) is 10.9. The van der Waals surface area contributed by atoms with Crippen molar-refractivity contribution in [2.45, 2.75) is 38.7 Å². The molecule has 2 nitrogen and oxygen atoms in total. The van der Waals surface area contributed by atoms with Crippen LogP contribution in [0.1, 0.15) is 38.2 Å². The average Bonchev–Trinajstić information content (AvgIpc) is 2.28. The van der Waals surface area contributed by atoms with E-state index in [1.807, 2.05) is 13.8 Å². The molecular formula is C14H21F2NO. The lowest BCUT2D eigenvalue weighted by Crippen LogP contribution is -2.27. The third-order valence-corrected chi connectivity index (χ3v) is 3.37. The predicted octanol–water partition coefficient (Wildman–Crippen LogP) is 2.80. The summed E-state index contributed by atoms with van der Waals surface area (Å²) in [4.78, 5) is 0. The second-order valence-corrected chi connectivity index (χ2v) is 4.86. The monoisotopic (exact) mass is 257 g/mol. The van der Waals surface area contributed by atoms with E-state index >= 15 is 0 Å². The summed E-state index contributed by atoms with van der Waals surface area (Å²) in [6.45, 7) is 4.24. The summed E-state index contributed by atoms with van der Waals surface area (Å²) in [6, 6.07) is 3.29. The van der Waals surface area contributed by atoms with Crippen molar-refractivity contribution < 1.29 is 13.9 Å². The highest BCUT2D eigenvalue weighted by Gasteiger charge is 2.22. The van der Waals surface area contributed by atoms with Crippen LogP contribution >= 0.6 is 0 Å². The number of rotatable bonds is 6. The lowest BCUT2D eigenvalue weighted by molar-refractivity contribution is 0.117. The highest BCUT2D eigenvalue weighted by molar-refractivity contribution is 5.23. The molecule has 0 radical (unpaired) electrons. The van der Waals surface area contributed by atoms with E-state index in [0.717, 1.165) is 12.5 Å². The van der Waals surface area contributed by atoms with E-state index in [-0.39, 0.29) is 6.54 Å². The molecule has 0 bridgehead atoms. The lowest BCUT2D eigenvalue weighted by Gasteiger charge is -2.24. The first-order valence-electron chi connectivity index (χ1n) is 6.32. The number of hydrogen-bond donors (Lipinski definition) is 2. The summed E-state index contributed by atoms with van der Waals surface area (Å²) in [6.07, 6.45) is 0.855. The summed E-state index contributed by atoms with van der Waals surface area (Å²) in [5.74, 6) is -1.35. The van der Waals surface area contributed by atoms with Gasteiger partial charge in [0.05, 0.1) is 6.10 Å². The molecule has 3 atom stereocenters. The normalized spacial score (nSPS) is 16.3. The Morgan fingerprint density at radius 1 is 1.22 bits per heavy atom. The molecule has 0 fully saturated rings. The molecule has 0 aliphatic carbocycles. The minimum Gasteiger partial charge on any atom is -0.392 e. The summed E-state index contributed by atoms with van der Waals surface area (Å²) in [7, 11) is 0. The van der Waals surface area contributed by atoms with Gasteiger partial charge < -0.3 is 10.8 Å². The first kappa shape index (κ1) is 15.1. The van der Waals surface area contributed by atoms with Gasteiger partial charge in [-0.3, -0.25) is 0 Å². The molecule has 3 N–H and O–H groups in total. The Kier molecular flexibility index (Phi) is 5.69. The third kappa shape index (κ3) is 4.03. The molecule has 3 unspecified atom stereocenters. The fourth-order valence-corrected chi connectivity index (χ4v) is 2.05. The van der Waals surface area contributed by atoms with Gasteiger partial charge in [-0.05, 0) is 30.0 Å². The van der Waals surface area contributed by atoms with Crippen LogP contribution in [-0.4, -0.2) is 17.8 Å². The van der Waals surface area contributed by atoms with Gasteiger partial charge >= 0.3 is 0 Å². The van der Waals surface area contributed by atoms with Crippen LogP contribution in [-0.2, 0) is 0 Å². The zero-order chi connectivity index (χ0) is 13.7. The van der Waals surface area contributed by atoms with E-state index in [4.69, 9.17) is 5.73 Å². The van der Waals surface area contributed by atoms with Gasteiger partial charge in [-0.15, -0.1) is 0 Å². The van der Waals surface area contributed by atoms with Gasteiger partial charge in [-0.1, -0.05) is 20.3 Å². The molecule has 1 aromatic rings. The standard InChI is InChI=1S/C14H21F2NO/c1-3-9(2)4-14(18)13(8-17)10-5-11(15)7-12(16)6-10/h5-7,9,13-14,18H,3-4,8,17H2,1-2H3. The Bertz CT molecular complexity index is 364. The molecule has 102 valence electrons. The molecule has 0 aromatic heterocycles. The van der Waals surface area contributed by atoms with Crippen molar-refractivity contribution in [1.82, 2.24) is 0 Å². The molecule has 4 heteroatoms. The molecule has 1 rings (SSSR count). The van der Waals surface area contributed by atoms with Crippen molar-refractivity contribution in [1.29, 1.82) is 0 Å². The Morgan fingerprint density at radius 2 is 1.78 bits per heavy atom. The van der Waals surface area contributed by atoms with Crippen molar-refractivity contribution in [2.24, 2.45) is 11.7 Å². The van der Waals surface area contributed by atoms with Gasteiger partial charge in [-0.25, -0.2) is 8.78 Å². The van der Waals surface area contributed by atoms with Gasteiger partial charge in [-0.2, -0.15) is 0 Å². The number of hydrogen-bond acceptors (Lipinski definition) is 2. The maximum Gasteiger partial charge on any atom is 0.126 e. The third-order valence-electron chi connectivity index (χ3n) is 3.37. The van der Waals surface area contributed by atoms with Gasteiger partial charge in [0.25, 0.3) is 0 Å². The van der Waals surface area contributed by atoms with Crippen LogP contribution in [0.2, 0.25) is 0 Å². The number of halogens is 2. The SMILES string of the molecule is CCC(C)CC(O)C(CN)c1cc(F)cc(F)c1. The van der Waals surface area contributed by atoms with E-state index < -0.39 is 23.7 Å².